The number of carbonyl (C=O) groups is 3. The molecule has 0 aliphatic carbocycles. The molecule has 2 aromatic rings. The minimum Gasteiger partial charge on any atom is -0.376 e. The van der Waals surface area contributed by atoms with Gasteiger partial charge in [0.05, 0.1) is 30.1 Å². The molecule has 3 amide bonds. The normalized spacial score (nSPS) is 21.0. The summed E-state index contributed by atoms with van der Waals surface area (Å²) in [6.07, 6.45) is 1.89. The third kappa shape index (κ3) is 5.25. The molecule has 2 fully saturated rings. The second-order valence-corrected chi connectivity index (χ2v) is 10.3. The van der Waals surface area contributed by atoms with Crippen LogP contribution in [0, 0.1) is 11.3 Å². The van der Waals surface area contributed by atoms with Gasteiger partial charge in [-0.25, -0.2) is 0 Å². The number of fused-ring (bicyclic) bond motifs is 1. The van der Waals surface area contributed by atoms with Crippen LogP contribution in [0.15, 0.2) is 60.7 Å². The molecule has 0 bridgehead atoms. The van der Waals surface area contributed by atoms with Crippen molar-refractivity contribution in [3.63, 3.8) is 0 Å². The molecule has 2 aromatic carbocycles. The Balaban J connectivity index is 1.53. The predicted molar refractivity (Wildman–Crippen MR) is 133 cm³/mol. The first-order valence-corrected chi connectivity index (χ1v) is 12.3. The fourth-order valence-corrected chi connectivity index (χ4v) is 5.31. The Morgan fingerprint density at radius 1 is 1.03 bits per heavy atom. The van der Waals surface area contributed by atoms with Crippen LogP contribution in [-0.2, 0) is 32.1 Å². The number of nitrogens with zero attached hydrogens (tertiary/aromatic N) is 2. The number of hydrogen-bond donors (Lipinski definition) is 1. The molecule has 7 nitrogen and oxygen atoms in total. The number of carbonyl (C=O) groups excluding carboxylic acids is 3. The van der Waals surface area contributed by atoms with Crippen molar-refractivity contribution in [1.82, 2.24) is 9.80 Å². The van der Waals surface area contributed by atoms with Gasteiger partial charge >= 0.3 is 0 Å². The lowest BCUT2D eigenvalue weighted by Gasteiger charge is -2.48. The van der Waals surface area contributed by atoms with Gasteiger partial charge in [-0.15, -0.1) is 0 Å². The Kier molecular flexibility index (Phi) is 7.26. The minimum atomic E-state index is -1.08. The molecule has 2 unspecified atom stereocenters. The Bertz CT molecular complexity index is 1060. The third-order valence-corrected chi connectivity index (χ3v) is 7.64. The molecule has 0 spiro atoms. The summed E-state index contributed by atoms with van der Waals surface area (Å²) in [5.41, 5.74) is 6.36. The fraction of sp³-hybridized carbons (Fsp3) is 0.464. The zero-order valence-electron chi connectivity index (χ0n) is 20.6. The largest absolute Gasteiger partial charge is 0.376 e. The monoisotopic (exact) mass is 477 g/mol. The third-order valence-electron chi connectivity index (χ3n) is 7.64. The maximum absolute atomic E-state index is 13.9. The summed E-state index contributed by atoms with van der Waals surface area (Å²) < 4.78 is 5.93. The molecule has 7 heteroatoms. The molecule has 2 heterocycles. The molecule has 2 atom stereocenters. The van der Waals surface area contributed by atoms with Gasteiger partial charge in [0, 0.05) is 26.1 Å². The van der Waals surface area contributed by atoms with Gasteiger partial charge in [0.15, 0.2) is 0 Å². The quantitative estimate of drug-likeness (QED) is 0.601. The van der Waals surface area contributed by atoms with Crippen molar-refractivity contribution in [2.24, 2.45) is 17.1 Å². The zero-order chi connectivity index (χ0) is 25.1. The van der Waals surface area contributed by atoms with Crippen LogP contribution in [-0.4, -0.2) is 59.3 Å². The molecule has 4 rings (SSSR count). The summed E-state index contributed by atoms with van der Waals surface area (Å²) in [5.74, 6) is -1.25. The first-order chi connectivity index (χ1) is 16.7. The summed E-state index contributed by atoms with van der Waals surface area (Å²) >= 11 is 0. The lowest BCUT2D eigenvalue weighted by Crippen LogP contribution is -2.64. The Hall–Kier alpha value is -3.19. The highest BCUT2D eigenvalue weighted by atomic mass is 16.5. The molecule has 2 saturated heterocycles. The topological polar surface area (TPSA) is 92.9 Å². The van der Waals surface area contributed by atoms with Gasteiger partial charge in [-0.1, -0.05) is 74.5 Å². The number of primary amides is 1. The van der Waals surface area contributed by atoms with Gasteiger partial charge in [0.25, 0.3) is 0 Å². The van der Waals surface area contributed by atoms with Gasteiger partial charge in [-0.2, -0.15) is 0 Å². The fourth-order valence-electron chi connectivity index (χ4n) is 5.31. The summed E-state index contributed by atoms with van der Waals surface area (Å²) in [4.78, 5) is 42.7. The van der Waals surface area contributed by atoms with E-state index < -0.39 is 22.8 Å². The number of nitrogens with two attached hydrogens (primary N) is 1. The van der Waals surface area contributed by atoms with Crippen molar-refractivity contribution < 1.29 is 19.1 Å². The van der Waals surface area contributed by atoms with Gasteiger partial charge in [0.1, 0.15) is 0 Å². The second kappa shape index (κ2) is 10.2. The van der Waals surface area contributed by atoms with E-state index in [-0.39, 0.29) is 18.4 Å². The Labute approximate surface area is 207 Å². The number of hydrogen-bond acceptors (Lipinski definition) is 4. The number of rotatable bonds is 9. The zero-order valence-corrected chi connectivity index (χ0v) is 20.6. The smallest absolute Gasteiger partial charge is 0.229 e. The minimum absolute atomic E-state index is 0.0918. The number of amides is 3. The molecule has 2 aliphatic heterocycles. The molecule has 0 radical (unpaired) electrons. The van der Waals surface area contributed by atoms with E-state index in [1.165, 1.54) is 0 Å². The average molecular weight is 478 g/mol. The predicted octanol–water partition coefficient (Wildman–Crippen LogP) is 2.78. The summed E-state index contributed by atoms with van der Waals surface area (Å²) in [7, 11) is 0. The van der Waals surface area contributed by atoms with E-state index in [9.17, 15) is 14.4 Å². The molecule has 2 N–H and O–H groups in total. The van der Waals surface area contributed by atoms with Crippen LogP contribution in [0.25, 0.3) is 0 Å². The first-order valence-electron chi connectivity index (χ1n) is 12.3. The maximum Gasteiger partial charge on any atom is 0.229 e. The van der Waals surface area contributed by atoms with Gasteiger partial charge in [0.2, 0.25) is 17.7 Å². The molecule has 0 saturated carbocycles. The summed E-state index contributed by atoms with van der Waals surface area (Å²) in [5, 5.41) is 0. The lowest BCUT2D eigenvalue weighted by atomic mass is 9.77. The maximum atomic E-state index is 13.9. The van der Waals surface area contributed by atoms with Crippen molar-refractivity contribution in [3.05, 3.63) is 71.8 Å². The molecule has 0 aromatic heterocycles. The van der Waals surface area contributed by atoms with E-state index in [0.717, 1.165) is 11.1 Å². The molecule has 2 aliphatic rings. The van der Waals surface area contributed by atoms with Crippen LogP contribution in [0.1, 0.15) is 37.8 Å². The van der Waals surface area contributed by atoms with Crippen LogP contribution in [0.5, 0.6) is 0 Å². The number of piperazine rings is 1. The molecular weight excluding hydrogens is 442 g/mol. The van der Waals surface area contributed by atoms with Gasteiger partial charge in [-0.05, 0) is 24.0 Å². The van der Waals surface area contributed by atoms with Crippen molar-refractivity contribution in [2.75, 3.05) is 26.2 Å². The Morgan fingerprint density at radius 2 is 1.66 bits per heavy atom. The van der Waals surface area contributed by atoms with Crippen molar-refractivity contribution in [3.8, 4) is 0 Å². The molecule has 35 heavy (non-hydrogen) atoms. The van der Waals surface area contributed by atoms with E-state index in [1.54, 1.807) is 13.8 Å². The summed E-state index contributed by atoms with van der Waals surface area (Å²) in [6.45, 7) is 5.22. The molecular formula is C28H35N3O4. The first kappa shape index (κ1) is 24.9. The Morgan fingerprint density at radius 3 is 2.29 bits per heavy atom. The highest BCUT2D eigenvalue weighted by Crippen LogP contribution is 2.38. The standard InChI is InChI=1S/C28H35N3O4/c1-27(2,26(29)34)23(19-35-18-22-11-7-4-8-12-22)25(33)30-15-16-31-24(32)13-14-28(31,20-30)17-21-9-5-3-6-10-21/h3-12,23H,13-20H2,1-2H3,(H2,29,34). The van der Waals surface area contributed by atoms with Crippen LogP contribution in [0.3, 0.4) is 0 Å². The number of benzene rings is 2. The van der Waals surface area contributed by atoms with E-state index in [0.29, 0.717) is 45.5 Å². The van der Waals surface area contributed by atoms with Crippen molar-refractivity contribution in [1.29, 1.82) is 0 Å². The van der Waals surface area contributed by atoms with E-state index in [1.807, 2.05) is 58.3 Å². The van der Waals surface area contributed by atoms with Crippen LogP contribution >= 0.6 is 0 Å². The summed E-state index contributed by atoms with van der Waals surface area (Å²) in [6, 6.07) is 19.8. The van der Waals surface area contributed by atoms with Crippen LogP contribution in [0.4, 0.5) is 0 Å². The molecule has 186 valence electrons. The van der Waals surface area contributed by atoms with Crippen molar-refractivity contribution in [2.45, 2.75) is 45.3 Å². The van der Waals surface area contributed by atoms with Gasteiger partial charge in [-0.3, -0.25) is 14.4 Å². The SMILES string of the molecule is CC(C)(C(N)=O)C(COCc1ccccc1)C(=O)N1CCN2C(=O)CCC2(Cc2ccccc2)C1. The van der Waals surface area contributed by atoms with Crippen LogP contribution < -0.4 is 5.73 Å². The van der Waals surface area contributed by atoms with E-state index >= 15 is 0 Å². The second-order valence-electron chi connectivity index (χ2n) is 10.3. The average Bonchev–Trinajstić information content (AvgIpc) is 3.17. The van der Waals surface area contributed by atoms with E-state index in [2.05, 4.69) is 12.1 Å². The van der Waals surface area contributed by atoms with Crippen LogP contribution in [0.2, 0.25) is 0 Å². The van der Waals surface area contributed by atoms with Gasteiger partial charge < -0.3 is 20.3 Å². The highest BCUT2D eigenvalue weighted by molar-refractivity contribution is 5.90. The highest BCUT2D eigenvalue weighted by Gasteiger charge is 2.51. The lowest BCUT2D eigenvalue weighted by molar-refractivity contribution is -0.154. The van der Waals surface area contributed by atoms with E-state index in [4.69, 9.17) is 10.5 Å². The number of ether oxygens (including phenoxy) is 1. The van der Waals surface area contributed by atoms with Crippen molar-refractivity contribution >= 4 is 17.7 Å².